The first-order valence-electron chi connectivity index (χ1n) is 5.87. The van der Waals surface area contributed by atoms with E-state index in [0.29, 0.717) is 12.8 Å². The number of amides is 1. The number of Topliss-reactive ketones (excluding diaryl/α,β-unsaturated/α-hetero) is 1. The van der Waals surface area contributed by atoms with Gasteiger partial charge in [-0.25, -0.2) is 0 Å². The second-order valence-electron chi connectivity index (χ2n) is 4.18. The summed E-state index contributed by atoms with van der Waals surface area (Å²) < 4.78 is 0. The third-order valence-corrected chi connectivity index (χ3v) is 2.34. The molecule has 15 heavy (non-hydrogen) atoms. The summed E-state index contributed by atoms with van der Waals surface area (Å²) in [6.07, 6.45) is 4.04. The largest absolute Gasteiger partial charge is 0.356 e. The Kier molecular flexibility index (Phi) is 7.96. The minimum atomic E-state index is 0.0000954. The van der Waals surface area contributed by atoms with E-state index in [2.05, 4.69) is 12.2 Å². The van der Waals surface area contributed by atoms with E-state index in [1.54, 1.807) is 0 Å². The molecule has 0 radical (unpaired) electrons. The molecule has 0 fully saturated rings. The molecule has 0 aromatic rings. The SMILES string of the molecule is CCCCCNC(=O)CCC(=O)C(C)C. The van der Waals surface area contributed by atoms with Crippen LogP contribution in [0.5, 0.6) is 0 Å². The zero-order chi connectivity index (χ0) is 11.7. The molecule has 0 aromatic carbocycles. The number of ketones is 1. The summed E-state index contributed by atoms with van der Waals surface area (Å²) in [6.45, 7) is 6.59. The molecule has 0 aliphatic heterocycles. The molecule has 0 saturated heterocycles. The van der Waals surface area contributed by atoms with Crippen molar-refractivity contribution in [2.75, 3.05) is 6.54 Å². The number of unbranched alkanes of at least 4 members (excludes halogenated alkanes) is 2. The maximum absolute atomic E-state index is 11.3. The summed E-state index contributed by atoms with van der Waals surface area (Å²) in [4.78, 5) is 22.5. The molecule has 0 bridgehead atoms. The average molecular weight is 213 g/mol. The molecule has 1 amide bonds. The Hall–Kier alpha value is -0.860. The smallest absolute Gasteiger partial charge is 0.220 e. The van der Waals surface area contributed by atoms with E-state index in [-0.39, 0.29) is 17.6 Å². The molecule has 0 saturated carbocycles. The molecule has 0 unspecified atom stereocenters. The quantitative estimate of drug-likeness (QED) is 0.629. The van der Waals surface area contributed by atoms with Gasteiger partial charge in [0.1, 0.15) is 5.78 Å². The Balaban J connectivity index is 3.45. The minimum absolute atomic E-state index is 0.0000954. The molecular formula is C12H23NO2. The average Bonchev–Trinajstić information content (AvgIpc) is 2.20. The first kappa shape index (κ1) is 14.1. The Labute approximate surface area is 92.6 Å². The van der Waals surface area contributed by atoms with Gasteiger partial charge in [-0.2, -0.15) is 0 Å². The number of carbonyl (C=O) groups excluding carboxylic acids is 2. The molecule has 88 valence electrons. The lowest BCUT2D eigenvalue weighted by Gasteiger charge is -2.05. The van der Waals surface area contributed by atoms with Crippen molar-refractivity contribution >= 4 is 11.7 Å². The lowest BCUT2D eigenvalue weighted by molar-refractivity contribution is -0.126. The lowest BCUT2D eigenvalue weighted by Crippen LogP contribution is -2.25. The third-order valence-electron chi connectivity index (χ3n) is 2.34. The molecular weight excluding hydrogens is 190 g/mol. The van der Waals surface area contributed by atoms with Crippen molar-refractivity contribution in [3.05, 3.63) is 0 Å². The molecule has 0 spiro atoms. The maximum Gasteiger partial charge on any atom is 0.220 e. The molecule has 0 aliphatic carbocycles. The van der Waals surface area contributed by atoms with Crippen LogP contribution in [0.4, 0.5) is 0 Å². The van der Waals surface area contributed by atoms with Crippen molar-refractivity contribution in [3.63, 3.8) is 0 Å². The van der Waals surface area contributed by atoms with Crippen molar-refractivity contribution in [1.82, 2.24) is 5.32 Å². The zero-order valence-electron chi connectivity index (χ0n) is 10.1. The number of hydrogen-bond acceptors (Lipinski definition) is 2. The number of carbonyl (C=O) groups is 2. The van der Waals surface area contributed by atoms with Crippen LogP contribution in [-0.2, 0) is 9.59 Å². The van der Waals surface area contributed by atoms with E-state index in [0.717, 1.165) is 25.8 Å². The van der Waals surface area contributed by atoms with Crippen molar-refractivity contribution in [3.8, 4) is 0 Å². The molecule has 0 rings (SSSR count). The Bertz CT molecular complexity index is 200. The highest BCUT2D eigenvalue weighted by Gasteiger charge is 2.09. The number of nitrogens with one attached hydrogen (secondary N) is 1. The van der Waals surface area contributed by atoms with E-state index >= 15 is 0 Å². The van der Waals surface area contributed by atoms with Gasteiger partial charge in [0.25, 0.3) is 0 Å². The summed E-state index contributed by atoms with van der Waals surface area (Å²) in [7, 11) is 0. The van der Waals surface area contributed by atoms with Crippen LogP contribution in [0.1, 0.15) is 52.9 Å². The van der Waals surface area contributed by atoms with Crippen LogP contribution < -0.4 is 5.32 Å². The predicted molar refractivity (Wildman–Crippen MR) is 61.6 cm³/mol. The second-order valence-corrected chi connectivity index (χ2v) is 4.18. The Morgan fingerprint density at radius 1 is 1.13 bits per heavy atom. The second kappa shape index (κ2) is 8.45. The number of rotatable bonds is 8. The van der Waals surface area contributed by atoms with Crippen molar-refractivity contribution in [2.24, 2.45) is 5.92 Å². The van der Waals surface area contributed by atoms with Crippen molar-refractivity contribution < 1.29 is 9.59 Å². The molecule has 0 heterocycles. The summed E-state index contributed by atoms with van der Waals surface area (Å²) in [5.41, 5.74) is 0. The van der Waals surface area contributed by atoms with Gasteiger partial charge >= 0.3 is 0 Å². The first-order valence-corrected chi connectivity index (χ1v) is 5.87. The van der Waals surface area contributed by atoms with Crippen LogP contribution in [0, 0.1) is 5.92 Å². The fourth-order valence-corrected chi connectivity index (χ4v) is 1.22. The van der Waals surface area contributed by atoms with Crippen LogP contribution in [0.25, 0.3) is 0 Å². The molecule has 0 atom stereocenters. The highest BCUT2D eigenvalue weighted by Crippen LogP contribution is 2.01. The van der Waals surface area contributed by atoms with Crippen LogP contribution in [0.15, 0.2) is 0 Å². The van der Waals surface area contributed by atoms with Gasteiger partial charge in [0.05, 0.1) is 0 Å². The van der Waals surface area contributed by atoms with E-state index in [1.807, 2.05) is 13.8 Å². The highest BCUT2D eigenvalue weighted by molar-refractivity contribution is 5.85. The van der Waals surface area contributed by atoms with Gasteiger partial charge in [0.2, 0.25) is 5.91 Å². The van der Waals surface area contributed by atoms with E-state index in [9.17, 15) is 9.59 Å². The third kappa shape index (κ3) is 8.16. The van der Waals surface area contributed by atoms with Crippen LogP contribution >= 0.6 is 0 Å². The van der Waals surface area contributed by atoms with Gasteiger partial charge in [-0.1, -0.05) is 33.6 Å². The fourth-order valence-electron chi connectivity index (χ4n) is 1.22. The van der Waals surface area contributed by atoms with Gasteiger partial charge in [-0.3, -0.25) is 9.59 Å². The summed E-state index contributed by atoms with van der Waals surface area (Å²) in [6, 6.07) is 0. The van der Waals surface area contributed by atoms with Crippen LogP contribution in [0.3, 0.4) is 0 Å². The van der Waals surface area contributed by atoms with Gasteiger partial charge in [-0.05, 0) is 6.42 Å². The Morgan fingerprint density at radius 3 is 2.33 bits per heavy atom. The first-order chi connectivity index (χ1) is 7.07. The molecule has 0 aromatic heterocycles. The summed E-state index contributed by atoms with van der Waals surface area (Å²) in [5.74, 6) is 0.205. The minimum Gasteiger partial charge on any atom is -0.356 e. The van der Waals surface area contributed by atoms with E-state index in [4.69, 9.17) is 0 Å². The van der Waals surface area contributed by atoms with E-state index < -0.39 is 0 Å². The van der Waals surface area contributed by atoms with Gasteiger partial charge in [0, 0.05) is 25.3 Å². The lowest BCUT2D eigenvalue weighted by atomic mass is 10.0. The van der Waals surface area contributed by atoms with Gasteiger partial charge in [0.15, 0.2) is 0 Å². The monoisotopic (exact) mass is 213 g/mol. The standard InChI is InChI=1S/C12H23NO2/c1-4-5-6-9-13-12(15)8-7-11(14)10(2)3/h10H,4-9H2,1-3H3,(H,13,15). The van der Waals surface area contributed by atoms with Crippen LogP contribution in [0.2, 0.25) is 0 Å². The molecule has 3 heteroatoms. The highest BCUT2D eigenvalue weighted by atomic mass is 16.2. The fraction of sp³-hybridized carbons (Fsp3) is 0.833. The molecule has 3 nitrogen and oxygen atoms in total. The predicted octanol–water partition coefficient (Wildman–Crippen LogP) is 2.30. The Morgan fingerprint density at radius 2 is 1.80 bits per heavy atom. The molecule has 1 N–H and O–H groups in total. The molecule has 0 aliphatic rings. The normalized spacial score (nSPS) is 10.4. The van der Waals surface area contributed by atoms with Crippen molar-refractivity contribution in [1.29, 1.82) is 0 Å². The summed E-state index contributed by atoms with van der Waals surface area (Å²) in [5, 5.41) is 2.82. The number of hydrogen-bond donors (Lipinski definition) is 1. The van der Waals surface area contributed by atoms with E-state index in [1.165, 1.54) is 0 Å². The topological polar surface area (TPSA) is 46.2 Å². The van der Waals surface area contributed by atoms with Crippen molar-refractivity contribution in [2.45, 2.75) is 52.9 Å². The van der Waals surface area contributed by atoms with Gasteiger partial charge in [-0.15, -0.1) is 0 Å². The van der Waals surface area contributed by atoms with Crippen LogP contribution in [-0.4, -0.2) is 18.2 Å². The zero-order valence-corrected chi connectivity index (χ0v) is 10.1. The van der Waals surface area contributed by atoms with Gasteiger partial charge < -0.3 is 5.32 Å². The summed E-state index contributed by atoms with van der Waals surface area (Å²) >= 11 is 0. The maximum atomic E-state index is 11.3.